The predicted octanol–water partition coefficient (Wildman–Crippen LogP) is 1.92. The molecule has 0 aliphatic carbocycles. The van der Waals surface area contributed by atoms with Crippen LogP contribution in [0.5, 0.6) is 0 Å². The van der Waals surface area contributed by atoms with Gasteiger partial charge < -0.3 is 5.32 Å². The number of hydrogen-bond acceptors (Lipinski definition) is 3. The minimum atomic E-state index is -0.232. The van der Waals surface area contributed by atoms with E-state index in [1.807, 2.05) is 44.3 Å². The number of amides is 1. The third-order valence-electron chi connectivity index (χ3n) is 2.78. The van der Waals surface area contributed by atoms with Crippen molar-refractivity contribution in [3.8, 4) is 0 Å². The summed E-state index contributed by atoms with van der Waals surface area (Å²) in [6, 6.07) is 9.81. The summed E-state index contributed by atoms with van der Waals surface area (Å²) in [6.45, 7) is 5.35. The number of carbonyl (C=O) groups is 1. The molecule has 1 atom stereocenters. The van der Waals surface area contributed by atoms with Crippen molar-refractivity contribution in [2.75, 3.05) is 7.05 Å². The van der Waals surface area contributed by atoms with Crippen LogP contribution in [-0.4, -0.2) is 24.1 Å². The van der Waals surface area contributed by atoms with Crippen molar-refractivity contribution in [1.82, 2.24) is 10.4 Å². The van der Waals surface area contributed by atoms with Gasteiger partial charge in [-0.2, -0.15) is 0 Å². The molecule has 0 bridgehead atoms. The maximum Gasteiger partial charge on any atom is 0.247 e. The third-order valence-corrected chi connectivity index (χ3v) is 2.78. The SMILES string of the molecule is C=CC(=O)NC1=C(c2ccccc2)N(C)OC1C. The van der Waals surface area contributed by atoms with Crippen molar-refractivity contribution >= 4 is 11.6 Å². The zero-order valence-electron chi connectivity index (χ0n) is 10.5. The average Bonchev–Trinajstić information content (AvgIpc) is 2.65. The Labute approximate surface area is 107 Å². The highest BCUT2D eigenvalue weighted by atomic mass is 16.7. The first-order valence-electron chi connectivity index (χ1n) is 5.77. The Kier molecular flexibility index (Phi) is 3.48. The molecule has 1 N–H and O–H groups in total. The largest absolute Gasteiger partial charge is 0.322 e. The number of carbonyl (C=O) groups excluding carboxylic acids is 1. The summed E-state index contributed by atoms with van der Waals surface area (Å²) in [5.41, 5.74) is 2.63. The molecule has 1 aliphatic heterocycles. The molecular formula is C14H16N2O2. The molecule has 94 valence electrons. The fourth-order valence-electron chi connectivity index (χ4n) is 1.98. The van der Waals surface area contributed by atoms with Gasteiger partial charge in [-0.3, -0.25) is 14.7 Å². The second-order valence-electron chi connectivity index (χ2n) is 4.07. The number of nitrogens with zero attached hydrogens (tertiary/aromatic N) is 1. The number of rotatable bonds is 3. The summed E-state index contributed by atoms with van der Waals surface area (Å²) in [5.74, 6) is -0.232. The van der Waals surface area contributed by atoms with Gasteiger partial charge in [0.15, 0.2) is 0 Å². The van der Waals surface area contributed by atoms with E-state index in [9.17, 15) is 4.79 Å². The summed E-state index contributed by atoms with van der Waals surface area (Å²) in [6.07, 6.45) is 1.06. The fraction of sp³-hybridized carbons (Fsp3) is 0.214. The Bertz CT molecular complexity index is 494. The van der Waals surface area contributed by atoms with Gasteiger partial charge >= 0.3 is 0 Å². The lowest BCUT2D eigenvalue weighted by molar-refractivity contribution is -0.117. The van der Waals surface area contributed by atoms with E-state index in [2.05, 4.69) is 11.9 Å². The van der Waals surface area contributed by atoms with Gasteiger partial charge in [-0.1, -0.05) is 36.9 Å². The molecule has 0 radical (unpaired) electrons. The minimum Gasteiger partial charge on any atom is -0.322 e. The molecule has 0 fully saturated rings. The first kappa shape index (κ1) is 12.4. The molecular weight excluding hydrogens is 228 g/mol. The molecule has 0 saturated heterocycles. The molecule has 1 heterocycles. The normalized spacial score (nSPS) is 19.0. The lowest BCUT2D eigenvalue weighted by Crippen LogP contribution is -2.25. The average molecular weight is 244 g/mol. The smallest absolute Gasteiger partial charge is 0.247 e. The molecule has 0 aromatic heterocycles. The first-order chi connectivity index (χ1) is 8.63. The van der Waals surface area contributed by atoms with E-state index in [4.69, 9.17) is 4.84 Å². The van der Waals surface area contributed by atoms with E-state index < -0.39 is 0 Å². The quantitative estimate of drug-likeness (QED) is 0.826. The van der Waals surface area contributed by atoms with Crippen molar-refractivity contribution < 1.29 is 9.63 Å². The summed E-state index contributed by atoms with van der Waals surface area (Å²) in [7, 11) is 1.83. The highest BCUT2D eigenvalue weighted by molar-refractivity contribution is 5.90. The fourth-order valence-corrected chi connectivity index (χ4v) is 1.98. The molecule has 4 nitrogen and oxygen atoms in total. The molecule has 1 unspecified atom stereocenters. The van der Waals surface area contributed by atoms with E-state index in [0.717, 1.165) is 17.0 Å². The maximum atomic E-state index is 11.5. The maximum absolute atomic E-state index is 11.5. The summed E-state index contributed by atoms with van der Waals surface area (Å²) in [5, 5.41) is 4.49. The second-order valence-corrected chi connectivity index (χ2v) is 4.07. The van der Waals surface area contributed by atoms with E-state index in [1.54, 1.807) is 5.06 Å². The minimum absolute atomic E-state index is 0.186. The van der Waals surface area contributed by atoms with Crippen molar-refractivity contribution in [3.63, 3.8) is 0 Å². The van der Waals surface area contributed by atoms with Crippen LogP contribution in [-0.2, 0) is 9.63 Å². The topological polar surface area (TPSA) is 41.6 Å². The van der Waals surface area contributed by atoms with Gasteiger partial charge in [-0.05, 0) is 13.0 Å². The summed E-state index contributed by atoms with van der Waals surface area (Å²) in [4.78, 5) is 17.1. The van der Waals surface area contributed by atoms with E-state index >= 15 is 0 Å². The Morgan fingerprint density at radius 1 is 1.44 bits per heavy atom. The van der Waals surface area contributed by atoms with Crippen LogP contribution in [0.2, 0.25) is 0 Å². The second kappa shape index (κ2) is 5.06. The summed E-state index contributed by atoms with van der Waals surface area (Å²) >= 11 is 0. The number of benzene rings is 1. The standard InChI is InChI=1S/C14H16N2O2/c1-4-12(17)15-13-10(2)18-16(3)14(13)11-8-6-5-7-9-11/h4-10H,1H2,2-3H3,(H,15,17). The molecule has 1 aromatic rings. The van der Waals surface area contributed by atoms with Crippen molar-refractivity contribution in [2.24, 2.45) is 0 Å². The van der Waals surface area contributed by atoms with Crippen molar-refractivity contribution in [3.05, 3.63) is 54.2 Å². The van der Waals surface area contributed by atoms with E-state index in [0.29, 0.717) is 0 Å². The zero-order valence-corrected chi connectivity index (χ0v) is 10.5. The van der Waals surface area contributed by atoms with Crippen LogP contribution in [0.4, 0.5) is 0 Å². The van der Waals surface area contributed by atoms with Gasteiger partial charge in [-0.25, -0.2) is 0 Å². The van der Waals surface area contributed by atoms with E-state index in [1.165, 1.54) is 6.08 Å². The molecule has 2 rings (SSSR count). The van der Waals surface area contributed by atoms with Crippen LogP contribution < -0.4 is 5.32 Å². The molecule has 0 spiro atoms. The van der Waals surface area contributed by atoms with Gasteiger partial charge in [-0.15, -0.1) is 0 Å². The third kappa shape index (κ3) is 2.28. The Morgan fingerprint density at radius 3 is 2.72 bits per heavy atom. The van der Waals surface area contributed by atoms with Gasteiger partial charge in [0.1, 0.15) is 6.10 Å². The number of hydroxylamine groups is 2. The number of hydrogen-bond donors (Lipinski definition) is 1. The molecule has 0 saturated carbocycles. The van der Waals surface area contributed by atoms with Crippen LogP contribution in [0.3, 0.4) is 0 Å². The highest BCUT2D eigenvalue weighted by Gasteiger charge is 2.29. The Balaban J connectivity index is 2.42. The van der Waals surface area contributed by atoms with Crippen molar-refractivity contribution in [1.29, 1.82) is 0 Å². The van der Waals surface area contributed by atoms with Gasteiger partial charge in [0.25, 0.3) is 0 Å². The van der Waals surface area contributed by atoms with Gasteiger partial charge in [0.2, 0.25) is 5.91 Å². The molecule has 18 heavy (non-hydrogen) atoms. The van der Waals surface area contributed by atoms with Crippen LogP contribution in [0.1, 0.15) is 12.5 Å². The van der Waals surface area contributed by atoms with Gasteiger partial charge in [0, 0.05) is 12.6 Å². The van der Waals surface area contributed by atoms with Crippen molar-refractivity contribution in [2.45, 2.75) is 13.0 Å². The van der Waals surface area contributed by atoms with Crippen LogP contribution in [0.15, 0.2) is 48.7 Å². The monoisotopic (exact) mass is 244 g/mol. The van der Waals surface area contributed by atoms with Gasteiger partial charge in [0.05, 0.1) is 11.4 Å². The zero-order chi connectivity index (χ0) is 13.1. The van der Waals surface area contributed by atoms with Crippen LogP contribution in [0.25, 0.3) is 5.70 Å². The molecule has 1 aliphatic rings. The van der Waals surface area contributed by atoms with Crippen LogP contribution in [0, 0.1) is 0 Å². The van der Waals surface area contributed by atoms with Crippen LogP contribution >= 0.6 is 0 Å². The Morgan fingerprint density at radius 2 is 2.11 bits per heavy atom. The molecule has 1 aromatic carbocycles. The van der Waals surface area contributed by atoms with E-state index in [-0.39, 0.29) is 12.0 Å². The lowest BCUT2D eigenvalue weighted by atomic mass is 10.1. The Hall–Kier alpha value is -2.07. The summed E-state index contributed by atoms with van der Waals surface area (Å²) < 4.78 is 0. The number of nitrogens with one attached hydrogen (secondary N) is 1. The first-order valence-corrected chi connectivity index (χ1v) is 5.77. The molecule has 1 amide bonds. The molecule has 4 heteroatoms. The predicted molar refractivity (Wildman–Crippen MR) is 70.0 cm³/mol. The lowest BCUT2D eigenvalue weighted by Gasteiger charge is -2.15. The highest BCUT2D eigenvalue weighted by Crippen LogP contribution is 2.30.